The highest BCUT2D eigenvalue weighted by molar-refractivity contribution is 7.92. The van der Waals surface area contributed by atoms with Crippen LogP contribution in [-0.2, 0) is 35.8 Å². The van der Waals surface area contributed by atoms with Crippen LogP contribution in [0.15, 0.2) is 60.7 Å². The first-order valence-corrected chi connectivity index (χ1v) is 14.1. The first-order chi connectivity index (χ1) is 17.6. The van der Waals surface area contributed by atoms with Crippen molar-refractivity contribution in [3.8, 4) is 0 Å². The summed E-state index contributed by atoms with van der Waals surface area (Å²) in [5.41, 5.74) is 4.59. The number of carbonyl (C=O) groups excluding carboxylic acids is 1. The molecule has 0 radical (unpaired) electrons. The van der Waals surface area contributed by atoms with E-state index in [0.29, 0.717) is 50.1 Å². The van der Waals surface area contributed by atoms with Crippen molar-refractivity contribution in [1.82, 2.24) is 10.2 Å². The van der Waals surface area contributed by atoms with E-state index in [0.717, 1.165) is 28.5 Å². The van der Waals surface area contributed by atoms with E-state index in [4.69, 9.17) is 0 Å². The Bertz CT molecular complexity index is 1380. The fraction of sp³-hybridized carbons (Fsp3) is 0.321. The highest BCUT2D eigenvalue weighted by Crippen LogP contribution is 2.26. The molecule has 0 aromatic heterocycles. The van der Waals surface area contributed by atoms with Crippen molar-refractivity contribution in [3.63, 3.8) is 0 Å². The minimum atomic E-state index is -3.47. The summed E-state index contributed by atoms with van der Waals surface area (Å²) >= 11 is 0. The minimum Gasteiger partial charge on any atom is -0.351 e. The smallest absolute Gasteiger partial charge is 0.251 e. The van der Waals surface area contributed by atoms with E-state index >= 15 is 0 Å². The Hall–Kier alpha value is -3.30. The maximum atomic E-state index is 13.9. The number of aryl methyl sites for hydroxylation is 1. The van der Waals surface area contributed by atoms with Gasteiger partial charge >= 0.3 is 0 Å². The van der Waals surface area contributed by atoms with E-state index in [9.17, 15) is 22.0 Å². The maximum absolute atomic E-state index is 13.9. The number of rotatable bonds is 9. The van der Waals surface area contributed by atoms with Gasteiger partial charge in [0.2, 0.25) is 10.0 Å². The summed E-state index contributed by atoms with van der Waals surface area (Å²) in [6.45, 7) is 3.49. The largest absolute Gasteiger partial charge is 0.351 e. The molecule has 1 heterocycles. The van der Waals surface area contributed by atoms with Crippen LogP contribution in [0.1, 0.15) is 39.5 Å². The average Bonchev–Trinajstić information content (AvgIpc) is 2.84. The Kier molecular flexibility index (Phi) is 8.24. The van der Waals surface area contributed by atoms with Crippen LogP contribution in [0.25, 0.3) is 0 Å². The van der Waals surface area contributed by atoms with E-state index in [1.807, 2.05) is 6.92 Å². The van der Waals surface area contributed by atoms with Crippen LogP contribution >= 0.6 is 0 Å². The summed E-state index contributed by atoms with van der Waals surface area (Å²) in [5, 5.41) is 2.95. The number of fused-ring (bicyclic) bond motifs is 1. The minimum absolute atomic E-state index is 0.0608. The molecule has 3 aromatic carbocycles. The number of nitrogens with zero attached hydrogens (tertiary/aromatic N) is 1. The van der Waals surface area contributed by atoms with E-state index in [-0.39, 0.29) is 23.6 Å². The molecule has 37 heavy (non-hydrogen) atoms. The molecule has 1 amide bonds. The molecule has 2 N–H and O–H groups in total. The van der Waals surface area contributed by atoms with Crippen LogP contribution in [0.4, 0.5) is 14.5 Å². The van der Waals surface area contributed by atoms with Gasteiger partial charge in [0.25, 0.3) is 5.91 Å². The summed E-state index contributed by atoms with van der Waals surface area (Å²) in [5.74, 6) is -0.845. The average molecular weight is 528 g/mol. The number of anilines is 1. The number of amides is 1. The number of hydrogen-bond donors (Lipinski definition) is 2. The van der Waals surface area contributed by atoms with Gasteiger partial charge in [-0.05, 0) is 84.0 Å². The Morgan fingerprint density at radius 2 is 1.70 bits per heavy atom. The third-order valence-electron chi connectivity index (χ3n) is 6.55. The van der Waals surface area contributed by atoms with Gasteiger partial charge in [-0.1, -0.05) is 25.1 Å². The van der Waals surface area contributed by atoms with E-state index < -0.39 is 10.0 Å². The topological polar surface area (TPSA) is 78.5 Å². The quantitative estimate of drug-likeness (QED) is 0.435. The molecule has 6 nitrogen and oxygen atoms in total. The third-order valence-corrected chi connectivity index (χ3v) is 7.16. The monoisotopic (exact) mass is 527 g/mol. The third kappa shape index (κ3) is 7.36. The highest BCUT2D eigenvalue weighted by Gasteiger charge is 2.26. The lowest BCUT2D eigenvalue weighted by Gasteiger charge is -2.37. The van der Waals surface area contributed by atoms with Crippen LogP contribution in [0.3, 0.4) is 0 Å². The predicted octanol–water partition coefficient (Wildman–Crippen LogP) is 4.30. The second-order valence-electron chi connectivity index (χ2n) is 9.47. The fourth-order valence-corrected chi connectivity index (χ4v) is 5.29. The lowest BCUT2D eigenvalue weighted by Crippen LogP contribution is -2.45. The zero-order chi connectivity index (χ0) is 26.6. The molecule has 1 atom stereocenters. The van der Waals surface area contributed by atoms with Gasteiger partial charge in [-0.2, -0.15) is 0 Å². The zero-order valence-corrected chi connectivity index (χ0v) is 21.7. The molecular formula is C28H31F2N3O3S. The van der Waals surface area contributed by atoms with Gasteiger partial charge in [-0.3, -0.25) is 14.4 Å². The molecule has 1 unspecified atom stereocenters. The van der Waals surface area contributed by atoms with Crippen molar-refractivity contribution in [3.05, 3.63) is 100 Å². The number of sulfonamides is 1. The van der Waals surface area contributed by atoms with Crippen molar-refractivity contribution in [2.45, 2.75) is 38.8 Å². The predicted molar refractivity (Wildman–Crippen MR) is 141 cm³/mol. The molecule has 0 aliphatic carbocycles. The Morgan fingerprint density at radius 1 is 0.973 bits per heavy atom. The maximum Gasteiger partial charge on any atom is 0.251 e. The van der Waals surface area contributed by atoms with Crippen molar-refractivity contribution in [2.75, 3.05) is 24.1 Å². The first kappa shape index (κ1) is 26.8. The Balaban J connectivity index is 1.46. The van der Waals surface area contributed by atoms with E-state index in [1.54, 1.807) is 36.4 Å². The van der Waals surface area contributed by atoms with Crippen LogP contribution in [0.2, 0.25) is 0 Å². The van der Waals surface area contributed by atoms with Crippen molar-refractivity contribution >= 4 is 21.6 Å². The summed E-state index contributed by atoms with van der Waals surface area (Å²) in [6, 6.07) is 16.3. The summed E-state index contributed by atoms with van der Waals surface area (Å²) in [7, 11) is -3.47. The van der Waals surface area contributed by atoms with E-state index in [1.165, 1.54) is 24.3 Å². The molecule has 0 saturated carbocycles. The molecule has 196 valence electrons. The second kappa shape index (κ2) is 11.4. The number of hydrogen-bond acceptors (Lipinski definition) is 4. The molecule has 4 rings (SSSR count). The molecular weight excluding hydrogens is 496 g/mol. The molecule has 0 saturated heterocycles. The Labute approximate surface area is 216 Å². The standard InChI is InChI=1S/C28H31F2N3O3S/c1-3-19-12-23(16-26(13-19)32-37(2,35)36)28(34)31-10-11-33-18-21-6-9-25(30)15-22(21)17-27(33)14-20-4-7-24(29)8-5-20/h4-9,12-13,15-16,27,32H,3,10-11,14,17-18H2,1-2H3,(H,31,34). The zero-order valence-electron chi connectivity index (χ0n) is 20.9. The van der Waals surface area contributed by atoms with Crippen molar-refractivity contribution < 1.29 is 22.0 Å². The number of benzene rings is 3. The fourth-order valence-electron chi connectivity index (χ4n) is 4.74. The molecule has 0 bridgehead atoms. The van der Waals surface area contributed by atoms with Gasteiger partial charge in [-0.25, -0.2) is 17.2 Å². The molecule has 9 heteroatoms. The summed E-state index contributed by atoms with van der Waals surface area (Å²) in [6.07, 6.45) is 3.04. The number of halogens is 2. The lowest BCUT2D eigenvalue weighted by atomic mass is 9.90. The molecule has 3 aromatic rings. The van der Waals surface area contributed by atoms with Crippen LogP contribution in [0, 0.1) is 11.6 Å². The van der Waals surface area contributed by atoms with Gasteiger partial charge in [0.15, 0.2) is 0 Å². The highest BCUT2D eigenvalue weighted by atomic mass is 32.2. The van der Waals surface area contributed by atoms with Crippen LogP contribution < -0.4 is 10.0 Å². The number of carbonyl (C=O) groups is 1. The summed E-state index contributed by atoms with van der Waals surface area (Å²) < 4.78 is 53.0. The molecule has 0 fully saturated rings. The van der Waals surface area contributed by atoms with Gasteiger partial charge < -0.3 is 5.32 Å². The van der Waals surface area contributed by atoms with Gasteiger partial charge in [0.05, 0.1) is 6.26 Å². The van der Waals surface area contributed by atoms with Crippen molar-refractivity contribution in [1.29, 1.82) is 0 Å². The summed E-state index contributed by atoms with van der Waals surface area (Å²) in [4.78, 5) is 15.2. The lowest BCUT2D eigenvalue weighted by molar-refractivity contribution is 0.0939. The molecule has 1 aliphatic rings. The van der Waals surface area contributed by atoms with Crippen LogP contribution in [-0.4, -0.2) is 44.6 Å². The SMILES string of the molecule is CCc1cc(NS(C)(=O)=O)cc(C(=O)NCCN2Cc3ccc(F)cc3CC2Cc2ccc(F)cc2)c1. The molecule has 1 aliphatic heterocycles. The van der Waals surface area contributed by atoms with E-state index in [2.05, 4.69) is 14.9 Å². The second-order valence-corrected chi connectivity index (χ2v) is 11.2. The Morgan fingerprint density at radius 3 is 2.41 bits per heavy atom. The van der Waals surface area contributed by atoms with Crippen LogP contribution in [0.5, 0.6) is 0 Å². The molecule has 0 spiro atoms. The van der Waals surface area contributed by atoms with Crippen molar-refractivity contribution in [2.24, 2.45) is 0 Å². The van der Waals surface area contributed by atoms with Gasteiger partial charge in [0, 0.05) is 36.9 Å². The van der Waals surface area contributed by atoms with Gasteiger partial charge in [-0.15, -0.1) is 0 Å². The number of nitrogens with one attached hydrogen (secondary N) is 2. The van der Waals surface area contributed by atoms with Gasteiger partial charge in [0.1, 0.15) is 11.6 Å². The first-order valence-electron chi connectivity index (χ1n) is 12.3. The normalized spacial score (nSPS) is 15.7.